The highest BCUT2D eigenvalue weighted by Crippen LogP contribution is 2.29. The zero-order valence-corrected chi connectivity index (χ0v) is 11.7. The SMILES string of the molecule is NC(=NCc1cc(F)cc2c1OCOC2)N1CCOCC1. The minimum atomic E-state index is -0.321. The van der Waals surface area contributed by atoms with Gasteiger partial charge >= 0.3 is 0 Å². The van der Waals surface area contributed by atoms with Gasteiger partial charge in [-0.3, -0.25) is 0 Å². The molecular weight excluding hydrogens is 277 g/mol. The van der Waals surface area contributed by atoms with Gasteiger partial charge in [-0.15, -0.1) is 0 Å². The van der Waals surface area contributed by atoms with Gasteiger partial charge in [0.05, 0.1) is 26.4 Å². The van der Waals surface area contributed by atoms with E-state index in [2.05, 4.69) is 4.99 Å². The minimum Gasteiger partial charge on any atom is -0.467 e. The minimum absolute atomic E-state index is 0.175. The zero-order valence-electron chi connectivity index (χ0n) is 11.7. The Kier molecular flexibility index (Phi) is 4.21. The molecule has 2 N–H and O–H groups in total. The number of rotatable bonds is 2. The maximum Gasteiger partial charge on any atom is 0.191 e. The van der Waals surface area contributed by atoms with Crippen molar-refractivity contribution >= 4 is 5.96 Å². The van der Waals surface area contributed by atoms with Crippen LogP contribution in [0, 0.1) is 5.82 Å². The summed E-state index contributed by atoms with van der Waals surface area (Å²) in [5.74, 6) is 0.780. The summed E-state index contributed by atoms with van der Waals surface area (Å²) in [4.78, 5) is 6.30. The molecule has 0 spiro atoms. The van der Waals surface area contributed by atoms with E-state index in [1.54, 1.807) is 0 Å². The van der Waals surface area contributed by atoms with Crippen LogP contribution in [-0.2, 0) is 22.6 Å². The van der Waals surface area contributed by atoms with E-state index in [1.165, 1.54) is 12.1 Å². The molecular formula is C14H18FN3O3. The summed E-state index contributed by atoms with van der Waals surface area (Å²) in [6.45, 7) is 3.54. The van der Waals surface area contributed by atoms with Gasteiger partial charge in [0.25, 0.3) is 0 Å². The Morgan fingerprint density at radius 2 is 2.10 bits per heavy atom. The van der Waals surface area contributed by atoms with Crippen LogP contribution in [0.4, 0.5) is 4.39 Å². The number of aliphatic imine (C=N–C) groups is 1. The number of hydrogen-bond acceptors (Lipinski definition) is 4. The first-order chi connectivity index (χ1) is 10.2. The van der Waals surface area contributed by atoms with E-state index in [0.29, 0.717) is 42.7 Å². The maximum atomic E-state index is 13.6. The van der Waals surface area contributed by atoms with E-state index in [1.807, 2.05) is 4.90 Å². The second-order valence-corrected chi connectivity index (χ2v) is 4.94. The fraction of sp³-hybridized carbons (Fsp3) is 0.500. The van der Waals surface area contributed by atoms with Gasteiger partial charge in [0.1, 0.15) is 11.6 Å². The number of nitrogens with zero attached hydrogens (tertiary/aromatic N) is 2. The van der Waals surface area contributed by atoms with Crippen molar-refractivity contribution < 1.29 is 18.6 Å². The Hall–Kier alpha value is -1.86. The first-order valence-electron chi connectivity index (χ1n) is 6.88. The summed E-state index contributed by atoms with van der Waals surface area (Å²) in [6.07, 6.45) is 0. The van der Waals surface area contributed by atoms with Crippen molar-refractivity contribution in [3.63, 3.8) is 0 Å². The quantitative estimate of drug-likeness (QED) is 0.647. The van der Waals surface area contributed by atoms with E-state index < -0.39 is 0 Å². The summed E-state index contributed by atoms with van der Waals surface area (Å²) >= 11 is 0. The molecule has 21 heavy (non-hydrogen) atoms. The van der Waals surface area contributed by atoms with E-state index in [4.69, 9.17) is 19.9 Å². The predicted molar refractivity (Wildman–Crippen MR) is 74.4 cm³/mol. The fourth-order valence-corrected chi connectivity index (χ4v) is 2.43. The van der Waals surface area contributed by atoms with Gasteiger partial charge in [-0.25, -0.2) is 9.38 Å². The molecule has 7 heteroatoms. The number of ether oxygens (including phenoxy) is 3. The second kappa shape index (κ2) is 6.28. The number of morpholine rings is 1. The average Bonchev–Trinajstić information content (AvgIpc) is 2.53. The zero-order chi connectivity index (χ0) is 14.7. The van der Waals surface area contributed by atoms with E-state index in [9.17, 15) is 4.39 Å². The van der Waals surface area contributed by atoms with Crippen molar-refractivity contribution in [1.29, 1.82) is 0 Å². The Morgan fingerprint density at radius 1 is 1.29 bits per heavy atom. The van der Waals surface area contributed by atoms with Gasteiger partial charge in [-0.2, -0.15) is 0 Å². The van der Waals surface area contributed by atoms with Crippen LogP contribution >= 0.6 is 0 Å². The third kappa shape index (κ3) is 3.25. The number of guanidine groups is 1. The molecule has 6 nitrogen and oxygen atoms in total. The van der Waals surface area contributed by atoms with E-state index >= 15 is 0 Å². The molecule has 2 heterocycles. The van der Waals surface area contributed by atoms with Gasteiger partial charge in [0, 0.05) is 24.2 Å². The van der Waals surface area contributed by atoms with Gasteiger partial charge < -0.3 is 24.8 Å². The van der Waals surface area contributed by atoms with Crippen molar-refractivity contribution in [2.24, 2.45) is 10.7 Å². The highest BCUT2D eigenvalue weighted by Gasteiger charge is 2.17. The average molecular weight is 295 g/mol. The summed E-state index contributed by atoms with van der Waals surface area (Å²) in [7, 11) is 0. The normalized spacial score (nSPS) is 19.1. The van der Waals surface area contributed by atoms with Crippen LogP contribution in [0.3, 0.4) is 0 Å². The van der Waals surface area contributed by atoms with Crippen LogP contribution in [0.25, 0.3) is 0 Å². The van der Waals surface area contributed by atoms with Crippen LogP contribution in [0.15, 0.2) is 17.1 Å². The summed E-state index contributed by atoms with van der Waals surface area (Å²) < 4.78 is 29.5. The number of halogens is 1. The maximum absolute atomic E-state index is 13.6. The molecule has 0 atom stereocenters. The summed E-state index contributed by atoms with van der Waals surface area (Å²) in [5, 5.41) is 0. The first kappa shape index (κ1) is 14.1. The smallest absolute Gasteiger partial charge is 0.191 e. The molecule has 0 amide bonds. The number of nitrogens with two attached hydrogens (primary N) is 1. The lowest BCUT2D eigenvalue weighted by Crippen LogP contribution is -2.44. The predicted octanol–water partition coefficient (Wildman–Crippen LogP) is 0.839. The second-order valence-electron chi connectivity index (χ2n) is 4.94. The Bertz CT molecular complexity index is 545. The monoisotopic (exact) mass is 295 g/mol. The molecule has 2 aliphatic heterocycles. The first-order valence-corrected chi connectivity index (χ1v) is 6.88. The van der Waals surface area contributed by atoms with Gasteiger partial charge in [0.2, 0.25) is 0 Å². The Morgan fingerprint density at radius 3 is 2.90 bits per heavy atom. The number of fused-ring (bicyclic) bond motifs is 1. The fourth-order valence-electron chi connectivity index (χ4n) is 2.43. The van der Waals surface area contributed by atoms with Crippen molar-refractivity contribution in [2.45, 2.75) is 13.2 Å². The molecule has 0 radical (unpaired) electrons. The lowest BCUT2D eigenvalue weighted by Gasteiger charge is -2.27. The van der Waals surface area contributed by atoms with Gasteiger partial charge in [0.15, 0.2) is 12.8 Å². The summed E-state index contributed by atoms with van der Waals surface area (Å²) in [6, 6.07) is 2.85. The molecule has 1 saturated heterocycles. The Balaban J connectivity index is 1.76. The molecule has 2 aliphatic rings. The van der Waals surface area contributed by atoms with Crippen molar-refractivity contribution in [3.05, 3.63) is 29.1 Å². The topological polar surface area (TPSA) is 69.3 Å². The van der Waals surface area contributed by atoms with Crippen LogP contribution in [-0.4, -0.2) is 44.0 Å². The molecule has 114 valence electrons. The third-order valence-corrected chi connectivity index (χ3v) is 3.50. The van der Waals surface area contributed by atoms with Crippen LogP contribution in [0.5, 0.6) is 5.75 Å². The Labute approximate surface area is 122 Å². The molecule has 1 aromatic rings. The van der Waals surface area contributed by atoms with Crippen LogP contribution < -0.4 is 10.5 Å². The van der Waals surface area contributed by atoms with E-state index in [0.717, 1.165) is 13.1 Å². The lowest BCUT2D eigenvalue weighted by molar-refractivity contribution is -0.0172. The molecule has 0 bridgehead atoms. The van der Waals surface area contributed by atoms with Crippen molar-refractivity contribution in [3.8, 4) is 5.75 Å². The molecule has 1 fully saturated rings. The number of benzene rings is 1. The molecule has 0 aromatic heterocycles. The van der Waals surface area contributed by atoms with Crippen LogP contribution in [0.2, 0.25) is 0 Å². The van der Waals surface area contributed by atoms with Crippen molar-refractivity contribution in [2.75, 3.05) is 33.1 Å². The van der Waals surface area contributed by atoms with Gasteiger partial charge in [-0.1, -0.05) is 0 Å². The third-order valence-electron chi connectivity index (χ3n) is 3.50. The van der Waals surface area contributed by atoms with Crippen molar-refractivity contribution in [1.82, 2.24) is 4.90 Å². The summed E-state index contributed by atoms with van der Waals surface area (Å²) in [5.41, 5.74) is 7.36. The van der Waals surface area contributed by atoms with Gasteiger partial charge in [-0.05, 0) is 12.1 Å². The largest absolute Gasteiger partial charge is 0.467 e. The standard InChI is InChI=1S/C14H18FN3O3/c15-12-5-10(13-11(6-12)8-20-9-21-13)7-17-14(16)18-1-3-19-4-2-18/h5-6H,1-4,7-9H2,(H2,16,17). The molecule has 0 saturated carbocycles. The molecule has 0 aliphatic carbocycles. The molecule has 0 unspecified atom stereocenters. The van der Waals surface area contributed by atoms with E-state index in [-0.39, 0.29) is 19.2 Å². The lowest BCUT2D eigenvalue weighted by atomic mass is 10.1. The highest BCUT2D eigenvalue weighted by molar-refractivity contribution is 5.78. The highest BCUT2D eigenvalue weighted by atomic mass is 19.1. The molecule has 3 rings (SSSR count). The number of hydrogen-bond donors (Lipinski definition) is 1. The van der Waals surface area contributed by atoms with Crippen LogP contribution in [0.1, 0.15) is 11.1 Å². The molecule has 1 aromatic carbocycles.